The van der Waals surface area contributed by atoms with Crippen molar-refractivity contribution in [2.75, 3.05) is 13.2 Å². The van der Waals surface area contributed by atoms with E-state index < -0.39 is 6.10 Å². The molecule has 0 aliphatic carbocycles. The molecule has 6 heteroatoms. The Kier molecular flexibility index (Phi) is 62.7. The van der Waals surface area contributed by atoms with Crippen molar-refractivity contribution in [3.05, 3.63) is 72.9 Å². The molecule has 0 aromatic rings. The van der Waals surface area contributed by atoms with Crippen LogP contribution in [0, 0.1) is 0 Å². The summed E-state index contributed by atoms with van der Waals surface area (Å²) in [6, 6.07) is 0. The van der Waals surface area contributed by atoms with Gasteiger partial charge in [0.25, 0.3) is 0 Å². The minimum atomic E-state index is -0.779. The van der Waals surface area contributed by atoms with E-state index in [0.29, 0.717) is 19.3 Å². The molecule has 0 aliphatic heterocycles. The fraction of sp³-hybridized carbons (Fsp3) is 0.789. The molecule has 0 saturated carbocycles. The third-order valence-corrected chi connectivity index (χ3v) is 14.7. The number of unbranched alkanes of at least 4 members (excludes halogenated alkanes) is 38. The van der Waals surface area contributed by atoms with E-state index in [9.17, 15) is 14.4 Å². The van der Waals surface area contributed by atoms with E-state index in [1.165, 1.54) is 205 Å². The summed E-state index contributed by atoms with van der Waals surface area (Å²) in [5, 5.41) is 0. The Morgan fingerprint density at radius 2 is 0.468 bits per heavy atom. The first-order chi connectivity index (χ1) is 38.0. The zero-order valence-electron chi connectivity index (χ0n) is 51.2. The molecule has 0 aromatic heterocycles. The lowest BCUT2D eigenvalue weighted by molar-refractivity contribution is -0.167. The van der Waals surface area contributed by atoms with Crippen LogP contribution in [-0.4, -0.2) is 37.2 Å². The van der Waals surface area contributed by atoms with E-state index >= 15 is 0 Å². The van der Waals surface area contributed by atoms with Crippen molar-refractivity contribution >= 4 is 17.9 Å². The maximum absolute atomic E-state index is 12.8. The summed E-state index contributed by atoms with van der Waals surface area (Å²) in [4.78, 5) is 38.1. The molecule has 0 rings (SSSR count). The fourth-order valence-electron chi connectivity index (χ4n) is 9.64. The highest BCUT2D eigenvalue weighted by Gasteiger charge is 2.19. The minimum Gasteiger partial charge on any atom is -0.462 e. The van der Waals surface area contributed by atoms with Gasteiger partial charge in [0, 0.05) is 19.3 Å². The van der Waals surface area contributed by atoms with Crippen LogP contribution in [0.25, 0.3) is 0 Å². The van der Waals surface area contributed by atoms with E-state index in [1.807, 2.05) is 0 Å². The van der Waals surface area contributed by atoms with Crippen LogP contribution in [0.2, 0.25) is 0 Å². The van der Waals surface area contributed by atoms with Crippen LogP contribution in [0.4, 0.5) is 0 Å². The lowest BCUT2D eigenvalue weighted by Crippen LogP contribution is -2.30. The Morgan fingerprint density at radius 3 is 0.753 bits per heavy atom. The van der Waals surface area contributed by atoms with E-state index in [-0.39, 0.29) is 31.1 Å². The summed E-state index contributed by atoms with van der Waals surface area (Å²) in [7, 11) is 0. The third kappa shape index (κ3) is 63.6. The van der Waals surface area contributed by atoms with Gasteiger partial charge >= 0.3 is 17.9 Å². The van der Waals surface area contributed by atoms with Crippen molar-refractivity contribution in [3.8, 4) is 0 Å². The van der Waals surface area contributed by atoms with Crippen molar-refractivity contribution in [1.29, 1.82) is 0 Å². The summed E-state index contributed by atoms with van der Waals surface area (Å²) >= 11 is 0. The standard InChI is InChI=1S/C71H126O6/c1-4-7-10-13-16-18-20-22-24-26-28-29-30-31-32-33-34-35-36-37-38-39-40-41-43-44-46-48-50-52-55-58-61-64-70(73)76-67-68(66-75-69(72)63-60-57-54-15-12-9-6-3)77-71(74)65-62-59-56-53-51-49-47-45-42-27-25-23-21-19-17-14-11-8-5-2/h17,19-20,22-23,25-26,28,30-31,42,45,68H,4-16,18,21,24,27,29,32-41,43-44,46-67H2,1-3H3/b19-17-,22-20-,25-23-,28-26-,31-30-,45-42-. The van der Waals surface area contributed by atoms with Gasteiger partial charge in [-0.1, -0.05) is 299 Å². The van der Waals surface area contributed by atoms with Crippen LogP contribution in [0.3, 0.4) is 0 Å². The van der Waals surface area contributed by atoms with Crippen molar-refractivity contribution in [2.45, 2.75) is 348 Å². The van der Waals surface area contributed by atoms with Crippen molar-refractivity contribution in [3.63, 3.8) is 0 Å². The van der Waals surface area contributed by atoms with Gasteiger partial charge in [-0.05, 0) is 96.3 Å². The summed E-state index contributed by atoms with van der Waals surface area (Å²) in [6.45, 7) is 6.58. The Bertz CT molecular complexity index is 1420. The molecule has 446 valence electrons. The Morgan fingerprint density at radius 1 is 0.260 bits per heavy atom. The summed E-state index contributed by atoms with van der Waals surface area (Å²) in [6.07, 6.45) is 85.2. The number of carbonyl (C=O) groups excluding carboxylic acids is 3. The summed E-state index contributed by atoms with van der Waals surface area (Å²) < 4.78 is 16.8. The predicted octanol–water partition coefficient (Wildman–Crippen LogP) is 22.9. The molecule has 0 aliphatic rings. The van der Waals surface area contributed by atoms with Gasteiger partial charge in [-0.3, -0.25) is 14.4 Å². The first-order valence-corrected chi connectivity index (χ1v) is 33.4. The number of esters is 3. The minimum absolute atomic E-state index is 0.0773. The molecule has 0 bridgehead atoms. The third-order valence-electron chi connectivity index (χ3n) is 14.7. The second-order valence-electron chi connectivity index (χ2n) is 22.4. The number of hydrogen-bond donors (Lipinski definition) is 0. The molecule has 0 aromatic carbocycles. The van der Waals surface area contributed by atoms with Gasteiger partial charge in [-0.15, -0.1) is 0 Å². The highest BCUT2D eigenvalue weighted by molar-refractivity contribution is 5.71. The quantitative estimate of drug-likeness (QED) is 0.0261. The summed E-state index contributed by atoms with van der Waals surface area (Å²) in [5.74, 6) is -0.882. The Hall–Kier alpha value is -3.15. The number of allylic oxidation sites excluding steroid dienone is 12. The average molecular weight is 1080 g/mol. The number of rotatable bonds is 61. The lowest BCUT2D eigenvalue weighted by Gasteiger charge is -2.18. The van der Waals surface area contributed by atoms with E-state index in [4.69, 9.17) is 14.2 Å². The van der Waals surface area contributed by atoms with Crippen LogP contribution in [0.5, 0.6) is 0 Å². The second kappa shape index (κ2) is 65.4. The first kappa shape index (κ1) is 73.8. The van der Waals surface area contributed by atoms with Crippen LogP contribution >= 0.6 is 0 Å². The first-order valence-electron chi connectivity index (χ1n) is 33.4. The second-order valence-corrected chi connectivity index (χ2v) is 22.4. The van der Waals surface area contributed by atoms with Crippen LogP contribution in [0.15, 0.2) is 72.9 Å². The normalized spacial score (nSPS) is 12.5. The number of carbonyl (C=O) groups is 3. The zero-order chi connectivity index (χ0) is 55.7. The highest BCUT2D eigenvalue weighted by Crippen LogP contribution is 2.17. The smallest absolute Gasteiger partial charge is 0.306 e. The van der Waals surface area contributed by atoms with Crippen molar-refractivity contribution in [1.82, 2.24) is 0 Å². The molecular weight excluding hydrogens is 949 g/mol. The molecule has 1 atom stereocenters. The number of ether oxygens (including phenoxy) is 3. The van der Waals surface area contributed by atoms with Gasteiger partial charge in [0.05, 0.1) is 0 Å². The van der Waals surface area contributed by atoms with Crippen LogP contribution < -0.4 is 0 Å². The average Bonchev–Trinajstić information content (AvgIpc) is 3.43. The molecule has 0 radical (unpaired) electrons. The molecule has 0 saturated heterocycles. The Balaban J connectivity index is 4.03. The van der Waals surface area contributed by atoms with Gasteiger partial charge in [0.15, 0.2) is 6.10 Å². The van der Waals surface area contributed by atoms with Gasteiger partial charge in [-0.2, -0.15) is 0 Å². The molecule has 0 fully saturated rings. The molecule has 77 heavy (non-hydrogen) atoms. The zero-order valence-corrected chi connectivity index (χ0v) is 51.2. The molecule has 0 heterocycles. The number of hydrogen-bond acceptors (Lipinski definition) is 6. The molecule has 0 amide bonds. The van der Waals surface area contributed by atoms with Crippen LogP contribution in [-0.2, 0) is 28.6 Å². The topological polar surface area (TPSA) is 78.9 Å². The SMILES string of the molecule is CCCCC/C=C\C/C=C\C/C=C\CCCCCCCCC(=O)OC(COC(=O)CCCCCCCCC)COC(=O)CCCCCCCCCCCCCCCCCCCC/C=C\C/C=C\C/C=C\CCCCCCC. The molecular formula is C71H126O6. The van der Waals surface area contributed by atoms with Crippen molar-refractivity contribution in [2.24, 2.45) is 0 Å². The largest absolute Gasteiger partial charge is 0.462 e. The van der Waals surface area contributed by atoms with Crippen LogP contribution in [0.1, 0.15) is 342 Å². The maximum atomic E-state index is 12.8. The van der Waals surface area contributed by atoms with Gasteiger partial charge < -0.3 is 14.2 Å². The molecule has 6 nitrogen and oxygen atoms in total. The van der Waals surface area contributed by atoms with Gasteiger partial charge in [0.2, 0.25) is 0 Å². The molecule has 0 spiro atoms. The summed E-state index contributed by atoms with van der Waals surface area (Å²) in [5.41, 5.74) is 0. The van der Waals surface area contributed by atoms with Crippen molar-refractivity contribution < 1.29 is 28.6 Å². The van der Waals surface area contributed by atoms with E-state index in [2.05, 4.69) is 93.7 Å². The monoisotopic (exact) mass is 1070 g/mol. The van der Waals surface area contributed by atoms with Gasteiger partial charge in [-0.25, -0.2) is 0 Å². The molecule has 1 unspecified atom stereocenters. The lowest BCUT2D eigenvalue weighted by atomic mass is 10.0. The Labute approximate surface area is 478 Å². The van der Waals surface area contributed by atoms with E-state index in [0.717, 1.165) is 96.3 Å². The van der Waals surface area contributed by atoms with E-state index in [1.54, 1.807) is 0 Å². The maximum Gasteiger partial charge on any atom is 0.306 e. The van der Waals surface area contributed by atoms with Gasteiger partial charge in [0.1, 0.15) is 13.2 Å². The molecule has 0 N–H and O–H groups in total. The predicted molar refractivity (Wildman–Crippen MR) is 335 cm³/mol. The highest BCUT2D eigenvalue weighted by atomic mass is 16.6. The fourth-order valence-corrected chi connectivity index (χ4v) is 9.64.